The van der Waals surface area contributed by atoms with E-state index < -0.39 is 0 Å². The van der Waals surface area contributed by atoms with Gasteiger partial charge in [0.2, 0.25) is 5.91 Å². The van der Waals surface area contributed by atoms with Gasteiger partial charge in [-0.05, 0) is 24.6 Å². The SMILES string of the molecule is CCCCCC(=O)Nc1ccc(F)cc1C#CCN. The number of unbranched alkanes of at least 4 members (excludes halogenated alkanes) is 2. The number of carbonyl (C=O) groups excluding carboxylic acids is 1. The summed E-state index contributed by atoms with van der Waals surface area (Å²) >= 11 is 0. The lowest BCUT2D eigenvalue weighted by Gasteiger charge is -2.07. The van der Waals surface area contributed by atoms with Gasteiger partial charge in [0.05, 0.1) is 17.8 Å². The first-order valence-corrected chi connectivity index (χ1v) is 6.45. The van der Waals surface area contributed by atoms with E-state index in [9.17, 15) is 9.18 Å². The van der Waals surface area contributed by atoms with Crippen molar-refractivity contribution in [3.05, 3.63) is 29.6 Å². The number of carbonyl (C=O) groups is 1. The van der Waals surface area contributed by atoms with Crippen molar-refractivity contribution in [3.63, 3.8) is 0 Å². The van der Waals surface area contributed by atoms with Crippen molar-refractivity contribution in [1.82, 2.24) is 0 Å². The Balaban J connectivity index is 2.74. The summed E-state index contributed by atoms with van der Waals surface area (Å²) in [6.45, 7) is 2.28. The van der Waals surface area contributed by atoms with Crippen molar-refractivity contribution >= 4 is 11.6 Å². The van der Waals surface area contributed by atoms with Crippen molar-refractivity contribution in [2.24, 2.45) is 5.73 Å². The lowest BCUT2D eigenvalue weighted by Crippen LogP contribution is -2.12. The zero-order valence-electron chi connectivity index (χ0n) is 11.1. The molecule has 0 radical (unpaired) electrons. The van der Waals surface area contributed by atoms with Gasteiger partial charge in [-0.2, -0.15) is 0 Å². The Hall–Kier alpha value is -1.86. The molecular formula is C15H19FN2O. The highest BCUT2D eigenvalue weighted by Crippen LogP contribution is 2.16. The maximum Gasteiger partial charge on any atom is 0.224 e. The second kappa shape index (κ2) is 8.28. The van der Waals surface area contributed by atoms with Crippen LogP contribution in [0.2, 0.25) is 0 Å². The summed E-state index contributed by atoms with van der Waals surface area (Å²) in [6.07, 6.45) is 3.41. The fourth-order valence-electron chi connectivity index (χ4n) is 1.62. The van der Waals surface area contributed by atoms with Crippen LogP contribution in [-0.4, -0.2) is 12.5 Å². The predicted octanol–water partition coefficient (Wildman–Crippen LogP) is 2.65. The Morgan fingerprint density at radius 2 is 2.21 bits per heavy atom. The summed E-state index contributed by atoms with van der Waals surface area (Å²) in [5, 5.41) is 2.76. The zero-order chi connectivity index (χ0) is 14.1. The standard InChI is InChI=1S/C15H19FN2O/c1-2-3-4-7-15(19)18-14-9-8-13(16)11-12(14)6-5-10-17/h8-9,11H,2-4,7,10,17H2,1H3,(H,18,19). The van der Waals surface area contributed by atoms with Gasteiger partial charge >= 0.3 is 0 Å². The molecule has 0 aliphatic rings. The molecule has 3 N–H and O–H groups in total. The number of nitrogens with one attached hydrogen (secondary N) is 1. The van der Waals surface area contributed by atoms with E-state index in [2.05, 4.69) is 24.1 Å². The lowest BCUT2D eigenvalue weighted by molar-refractivity contribution is -0.116. The van der Waals surface area contributed by atoms with Crippen LogP contribution in [0.15, 0.2) is 18.2 Å². The van der Waals surface area contributed by atoms with E-state index in [0.29, 0.717) is 17.7 Å². The molecular weight excluding hydrogens is 243 g/mol. The van der Waals surface area contributed by atoms with Crippen LogP contribution in [0.25, 0.3) is 0 Å². The van der Waals surface area contributed by atoms with Crippen molar-refractivity contribution in [2.45, 2.75) is 32.6 Å². The third kappa shape index (κ3) is 5.54. The molecule has 0 saturated heterocycles. The molecule has 0 aliphatic heterocycles. The van der Waals surface area contributed by atoms with Gasteiger partial charge in [0.25, 0.3) is 0 Å². The highest BCUT2D eigenvalue weighted by atomic mass is 19.1. The van der Waals surface area contributed by atoms with Crippen LogP contribution >= 0.6 is 0 Å². The van der Waals surface area contributed by atoms with Crippen LogP contribution in [0.1, 0.15) is 38.2 Å². The van der Waals surface area contributed by atoms with Crippen molar-refractivity contribution in [1.29, 1.82) is 0 Å². The quantitative estimate of drug-likeness (QED) is 0.633. The van der Waals surface area contributed by atoms with Crippen LogP contribution in [0, 0.1) is 17.7 Å². The summed E-state index contributed by atoms with van der Waals surface area (Å²) in [5.74, 6) is 4.96. The van der Waals surface area contributed by atoms with Gasteiger partial charge in [-0.15, -0.1) is 0 Å². The van der Waals surface area contributed by atoms with Crippen LogP contribution < -0.4 is 11.1 Å². The second-order valence-electron chi connectivity index (χ2n) is 4.20. The van der Waals surface area contributed by atoms with E-state index in [0.717, 1.165) is 19.3 Å². The molecule has 0 aliphatic carbocycles. The maximum atomic E-state index is 13.1. The van der Waals surface area contributed by atoms with Crippen LogP contribution in [0.4, 0.5) is 10.1 Å². The molecule has 0 fully saturated rings. The minimum Gasteiger partial charge on any atom is -0.325 e. The fourth-order valence-corrected chi connectivity index (χ4v) is 1.62. The van der Waals surface area contributed by atoms with E-state index >= 15 is 0 Å². The number of anilines is 1. The molecule has 0 saturated carbocycles. The van der Waals surface area contributed by atoms with Crippen LogP contribution in [-0.2, 0) is 4.79 Å². The topological polar surface area (TPSA) is 55.1 Å². The van der Waals surface area contributed by atoms with Gasteiger partial charge in [-0.1, -0.05) is 31.6 Å². The summed E-state index contributed by atoms with van der Waals surface area (Å²) in [7, 11) is 0. The molecule has 0 unspecified atom stereocenters. The normalized spacial score (nSPS) is 9.63. The molecule has 0 bridgehead atoms. The van der Waals surface area contributed by atoms with E-state index in [1.165, 1.54) is 18.2 Å². The second-order valence-corrected chi connectivity index (χ2v) is 4.20. The highest BCUT2D eigenvalue weighted by Gasteiger charge is 2.06. The minimum absolute atomic E-state index is 0.0733. The molecule has 0 spiro atoms. The number of halogens is 1. The first-order valence-electron chi connectivity index (χ1n) is 6.45. The van der Waals surface area contributed by atoms with E-state index in [1.807, 2.05) is 0 Å². The highest BCUT2D eigenvalue weighted by molar-refractivity contribution is 5.92. The number of nitrogens with two attached hydrogens (primary N) is 1. The number of benzene rings is 1. The molecule has 0 atom stereocenters. The summed E-state index contributed by atoms with van der Waals surface area (Å²) in [5.41, 5.74) is 6.28. The number of rotatable bonds is 5. The fraction of sp³-hybridized carbons (Fsp3) is 0.400. The van der Waals surface area contributed by atoms with Crippen LogP contribution in [0.5, 0.6) is 0 Å². The maximum absolute atomic E-state index is 13.1. The molecule has 1 amide bonds. The Kier molecular flexibility index (Phi) is 6.62. The van der Waals surface area contributed by atoms with E-state index in [-0.39, 0.29) is 18.3 Å². The first-order chi connectivity index (χ1) is 9.17. The molecule has 102 valence electrons. The van der Waals surface area contributed by atoms with Crippen LogP contribution in [0.3, 0.4) is 0 Å². The average Bonchev–Trinajstić information content (AvgIpc) is 2.39. The molecule has 1 aromatic rings. The van der Waals surface area contributed by atoms with Gasteiger partial charge in [0.15, 0.2) is 0 Å². The van der Waals surface area contributed by atoms with Crippen molar-refractivity contribution in [3.8, 4) is 11.8 Å². The number of hydrogen-bond acceptors (Lipinski definition) is 2. The molecule has 1 rings (SSSR count). The third-order valence-electron chi connectivity index (χ3n) is 2.59. The van der Waals surface area contributed by atoms with E-state index in [4.69, 9.17) is 5.73 Å². The molecule has 19 heavy (non-hydrogen) atoms. The lowest BCUT2D eigenvalue weighted by atomic mass is 10.1. The van der Waals surface area contributed by atoms with Gasteiger partial charge in [-0.25, -0.2) is 4.39 Å². The van der Waals surface area contributed by atoms with Crippen molar-refractivity contribution < 1.29 is 9.18 Å². The van der Waals surface area contributed by atoms with Gasteiger partial charge in [0, 0.05) is 6.42 Å². The van der Waals surface area contributed by atoms with E-state index in [1.54, 1.807) is 0 Å². The van der Waals surface area contributed by atoms with Gasteiger partial charge < -0.3 is 11.1 Å². The Labute approximate surface area is 113 Å². The molecule has 1 aromatic carbocycles. The average molecular weight is 262 g/mol. The number of amides is 1. The molecule has 0 heterocycles. The molecule has 3 nitrogen and oxygen atoms in total. The predicted molar refractivity (Wildman–Crippen MR) is 75.1 cm³/mol. The summed E-state index contributed by atoms with van der Waals surface area (Å²) < 4.78 is 13.1. The Morgan fingerprint density at radius 3 is 2.89 bits per heavy atom. The van der Waals surface area contributed by atoms with Gasteiger partial charge in [-0.3, -0.25) is 4.79 Å². The molecule has 0 aromatic heterocycles. The monoisotopic (exact) mass is 262 g/mol. The Bertz CT molecular complexity index is 489. The first kappa shape index (κ1) is 15.2. The van der Waals surface area contributed by atoms with Crippen molar-refractivity contribution in [2.75, 3.05) is 11.9 Å². The smallest absolute Gasteiger partial charge is 0.224 e. The summed E-state index contributed by atoms with van der Waals surface area (Å²) in [6, 6.07) is 4.12. The van der Waals surface area contributed by atoms with Gasteiger partial charge in [0.1, 0.15) is 5.82 Å². The largest absolute Gasteiger partial charge is 0.325 e. The minimum atomic E-state index is -0.384. The Morgan fingerprint density at radius 1 is 1.42 bits per heavy atom. The number of hydrogen-bond donors (Lipinski definition) is 2. The third-order valence-corrected chi connectivity index (χ3v) is 2.59. The molecule has 4 heteroatoms. The summed E-state index contributed by atoms with van der Waals surface area (Å²) in [4.78, 5) is 11.7. The zero-order valence-corrected chi connectivity index (χ0v) is 11.1.